The second-order valence-electron chi connectivity index (χ2n) is 3.03. The van der Waals surface area contributed by atoms with Gasteiger partial charge in [0.15, 0.2) is 0 Å². The van der Waals surface area contributed by atoms with Crippen LogP contribution in [0.2, 0.25) is 0 Å². The van der Waals surface area contributed by atoms with Gasteiger partial charge in [-0.05, 0) is 13.8 Å². The van der Waals surface area contributed by atoms with E-state index in [4.69, 9.17) is 9.84 Å². The Hall–Kier alpha value is -1.07. The number of rotatable bonds is 6. The predicted molar refractivity (Wildman–Crippen MR) is 53.8 cm³/mol. The quantitative estimate of drug-likeness (QED) is 0.426. The minimum atomic E-state index is -0.370. The van der Waals surface area contributed by atoms with Crippen LogP contribution in [0.1, 0.15) is 13.8 Å². The first kappa shape index (κ1) is 12.9. The second-order valence-corrected chi connectivity index (χ2v) is 3.03. The summed E-state index contributed by atoms with van der Waals surface area (Å²) in [4.78, 5) is 11.0. The van der Waals surface area contributed by atoms with E-state index in [-0.39, 0.29) is 25.4 Å². The number of nitrogens with one attached hydrogen (secondary N) is 2. The SMILES string of the molecule is C=C(C)COC(C)NC(=O)NCCO. The fraction of sp³-hybridized carbons (Fsp3) is 0.667. The monoisotopic (exact) mass is 202 g/mol. The van der Waals surface area contributed by atoms with E-state index in [1.165, 1.54) is 0 Å². The third kappa shape index (κ3) is 7.57. The van der Waals surface area contributed by atoms with Gasteiger partial charge in [0.2, 0.25) is 0 Å². The van der Waals surface area contributed by atoms with Crippen molar-refractivity contribution in [3.63, 3.8) is 0 Å². The highest BCUT2D eigenvalue weighted by molar-refractivity contribution is 5.73. The van der Waals surface area contributed by atoms with Gasteiger partial charge in [-0.15, -0.1) is 0 Å². The molecule has 0 aromatic rings. The highest BCUT2D eigenvalue weighted by atomic mass is 16.5. The van der Waals surface area contributed by atoms with Crippen molar-refractivity contribution >= 4 is 6.03 Å². The molecule has 1 atom stereocenters. The fourth-order valence-electron chi connectivity index (χ4n) is 0.714. The van der Waals surface area contributed by atoms with Gasteiger partial charge in [0.25, 0.3) is 0 Å². The van der Waals surface area contributed by atoms with E-state index in [9.17, 15) is 4.79 Å². The average molecular weight is 202 g/mol. The molecule has 5 nitrogen and oxygen atoms in total. The molecular formula is C9H18N2O3. The zero-order valence-electron chi connectivity index (χ0n) is 8.67. The second kappa shape index (κ2) is 7.34. The molecule has 0 radical (unpaired) electrons. The molecule has 0 saturated heterocycles. The van der Waals surface area contributed by atoms with Crippen molar-refractivity contribution in [2.75, 3.05) is 19.8 Å². The Morgan fingerprint density at radius 3 is 2.79 bits per heavy atom. The van der Waals surface area contributed by atoms with E-state index in [1.54, 1.807) is 6.92 Å². The van der Waals surface area contributed by atoms with E-state index in [0.717, 1.165) is 5.57 Å². The first-order chi connectivity index (χ1) is 6.56. The summed E-state index contributed by atoms with van der Waals surface area (Å²) in [7, 11) is 0. The average Bonchev–Trinajstić information content (AvgIpc) is 2.11. The molecule has 0 aromatic carbocycles. The maximum absolute atomic E-state index is 11.0. The number of carbonyl (C=O) groups is 1. The number of hydrogen-bond acceptors (Lipinski definition) is 3. The van der Waals surface area contributed by atoms with Crippen molar-refractivity contribution in [2.24, 2.45) is 0 Å². The van der Waals surface area contributed by atoms with Crippen molar-refractivity contribution in [1.29, 1.82) is 0 Å². The maximum atomic E-state index is 11.0. The summed E-state index contributed by atoms with van der Waals surface area (Å²) in [5.41, 5.74) is 0.898. The Morgan fingerprint density at radius 2 is 2.29 bits per heavy atom. The van der Waals surface area contributed by atoms with Gasteiger partial charge in [0, 0.05) is 6.54 Å². The Balaban J connectivity index is 3.55. The topological polar surface area (TPSA) is 70.6 Å². The standard InChI is InChI=1S/C9H18N2O3/c1-7(2)6-14-8(3)11-9(13)10-4-5-12/h8,12H,1,4-6H2,2-3H3,(H2,10,11,13). The minimum absolute atomic E-state index is 0.0750. The lowest BCUT2D eigenvalue weighted by Crippen LogP contribution is -2.43. The van der Waals surface area contributed by atoms with Crippen molar-refractivity contribution in [2.45, 2.75) is 20.1 Å². The Morgan fingerprint density at radius 1 is 1.64 bits per heavy atom. The summed E-state index contributed by atoms with van der Waals surface area (Å²) in [5, 5.41) is 13.4. The molecule has 0 aliphatic rings. The smallest absolute Gasteiger partial charge is 0.316 e. The van der Waals surface area contributed by atoms with Crippen LogP contribution in [-0.4, -0.2) is 37.1 Å². The van der Waals surface area contributed by atoms with Gasteiger partial charge >= 0.3 is 6.03 Å². The van der Waals surface area contributed by atoms with E-state index >= 15 is 0 Å². The van der Waals surface area contributed by atoms with Crippen LogP contribution in [0.4, 0.5) is 4.79 Å². The van der Waals surface area contributed by atoms with Crippen molar-refractivity contribution < 1.29 is 14.6 Å². The number of hydrogen-bond donors (Lipinski definition) is 3. The molecule has 1 unspecified atom stereocenters. The van der Waals surface area contributed by atoms with Crippen LogP contribution in [0.25, 0.3) is 0 Å². The first-order valence-corrected chi connectivity index (χ1v) is 4.47. The van der Waals surface area contributed by atoms with E-state index < -0.39 is 0 Å². The molecule has 0 fully saturated rings. The first-order valence-electron chi connectivity index (χ1n) is 4.47. The van der Waals surface area contributed by atoms with Crippen LogP contribution in [0.5, 0.6) is 0 Å². The van der Waals surface area contributed by atoms with Crippen LogP contribution in [-0.2, 0) is 4.74 Å². The molecule has 2 amide bonds. The van der Waals surface area contributed by atoms with Crippen LogP contribution < -0.4 is 10.6 Å². The minimum Gasteiger partial charge on any atom is -0.395 e. The Kier molecular flexibility index (Phi) is 6.78. The van der Waals surface area contributed by atoms with Crippen LogP contribution in [0.15, 0.2) is 12.2 Å². The summed E-state index contributed by atoms with van der Waals surface area (Å²) < 4.78 is 5.22. The molecule has 0 aromatic heterocycles. The van der Waals surface area contributed by atoms with Crippen molar-refractivity contribution in [3.05, 3.63) is 12.2 Å². The van der Waals surface area contributed by atoms with Gasteiger partial charge in [0.1, 0.15) is 6.23 Å². The summed E-state index contributed by atoms with van der Waals surface area (Å²) >= 11 is 0. The van der Waals surface area contributed by atoms with Gasteiger partial charge in [-0.25, -0.2) is 4.79 Å². The lowest BCUT2D eigenvalue weighted by molar-refractivity contribution is 0.0655. The number of ether oxygens (including phenoxy) is 1. The maximum Gasteiger partial charge on any atom is 0.316 e. The van der Waals surface area contributed by atoms with Crippen molar-refractivity contribution in [1.82, 2.24) is 10.6 Å². The van der Waals surface area contributed by atoms with Gasteiger partial charge < -0.3 is 20.5 Å². The van der Waals surface area contributed by atoms with Crippen LogP contribution >= 0.6 is 0 Å². The number of carbonyl (C=O) groups excluding carboxylic acids is 1. The number of aliphatic hydroxyl groups is 1. The molecular weight excluding hydrogens is 184 g/mol. The van der Waals surface area contributed by atoms with Crippen molar-refractivity contribution in [3.8, 4) is 0 Å². The highest BCUT2D eigenvalue weighted by Gasteiger charge is 2.05. The zero-order chi connectivity index (χ0) is 11.0. The third-order valence-corrected chi connectivity index (χ3v) is 1.31. The largest absolute Gasteiger partial charge is 0.395 e. The van der Waals surface area contributed by atoms with Crippen LogP contribution in [0.3, 0.4) is 0 Å². The molecule has 5 heteroatoms. The van der Waals surface area contributed by atoms with Gasteiger partial charge in [-0.2, -0.15) is 0 Å². The van der Waals surface area contributed by atoms with E-state index in [0.29, 0.717) is 6.61 Å². The van der Waals surface area contributed by atoms with E-state index in [1.807, 2.05) is 6.92 Å². The normalized spacial score (nSPS) is 11.9. The molecule has 0 rings (SSSR count). The lowest BCUT2D eigenvalue weighted by atomic mass is 10.4. The van der Waals surface area contributed by atoms with E-state index in [2.05, 4.69) is 17.2 Å². The molecule has 0 heterocycles. The molecule has 0 aliphatic carbocycles. The molecule has 0 bridgehead atoms. The van der Waals surface area contributed by atoms with Gasteiger partial charge in [-0.3, -0.25) is 0 Å². The molecule has 0 aliphatic heterocycles. The van der Waals surface area contributed by atoms with Gasteiger partial charge in [-0.1, -0.05) is 12.2 Å². The molecule has 0 spiro atoms. The zero-order valence-corrected chi connectivity index (χ0v) is 8.67. The summed E-state index contributed by atoms with van der Waals surface area (Å²) in [5.74, 6) is 0. The predicted octanol–water partition coefficient (Wildman–Crippen LogP) is 0.217. The number of aliphatic hydroxyl groups excluding tert-OH is 1. The molecule has 3 N–H and O–H groups in total. The molecule has 14 heavy (non-hydrogen) atoms. The Labute approximate surface area is 84.1 Å². The Bertz CT molecular complexity index is 194. The summed E-state index contributed by atoms with van der Waals surface area (Å²) in [6.45, 7) is 7.82. The number of amides is 2. The summed E-state index contributed by atoms with van der Waals surface area (Å²) in [6, 6.07) is -0.353. The summed E-state index contributed by atoms with van der Waals surface area (Å²) in [6.07, 6.45) is -0.370. The highest BCUT2D eigenvalue weighted by Crippen LogP contribution is 1.92. The molecule has 82 valence electrons. The fourth-order valence-corrected chi connectivity index (χ4v) is 0.714. The third-order valence-electron chi connectivity index (χ3n) is 1.31. The molecule has 0 saturated carbocycles. The lowest BCUT2D eigenvalue weighted by Gasteiger charge is -2.15. The van der Waals surface area contributed by atoms with Crippen LogP contribution in [0, 0.1) is 0 Å². The van der Waals surface area contributed by atoms with Gasteiger partial charge in [0.05, 0.1) is 13.2 Å². The number of urea groups is 1.